The molecule has 0 aliphatic carbocycles. The number of carbonyl (C=O) groups excluding carboxylic acids is 3. The predicted molar refractivity (Wildman–Crippen MR) is 181 cm³/mol. The SMILES string of the molecule is CSCC[C@H](NC(=O)OC(C)(C)C)C(=O)NCC#Cc1cccc(CNc2ncnc3c2ncn3[C@@H]2O[C@H](C(O)N(C)C=O)[C@@H](O)[C@H]2O)c1. The quantitative estimate of drug-likeness (QED) is 0.0820. The van der Waals surface area contributed by atoms with Crippen LogP contribution in [-0.2, 0) is 25.6 Å². The third-order valence-electron chi connectivity index (χ3n) is 7.37. The average molecular weight is 699 g/mol. The minimum absolute atomic E-state index is 0.0819. The van der Waals surface area contributed by atoms with Gasteiger partial charge in [0.1, 0.15) is 36.3 Å². The van der Waals surface area contributed by atoms with Gasteiger partial charge in [0, 0.05) is 19.2 Å². The maximum atomic E-state index is 12.8. The summed E-state index contributed by atoms with van der Waals surface area (Å²) in [5.74, 6) is 6.72. The minimum atomic E-state index is -1.48. The molecule has 0 saturated carbocycles. The molecule has 4 rings (SSSR count). The van der Waals surface area contributed by atoms with Gasteiger partial charge in [0.2, 0.25) is 12.3 Å². The lowest BCUT2D eigenvalue weighted by Crippen LogP contribution is -2.48. The van der Waals surface area contributed by atoms with Crippen molar-refractivity contribution < 1.29 is 39.2 Å². The van der Waals surface area contributed by atoms with Gasteiger partial charge in [-0.25, -0.2) is 19.7 Å². The summed E-state index contributed by atoms with van der Waals surface area (Å²) >= 11 is 1.57. The first-order chi connectivity index (χ1) is 23.3. The van der Waals surface area contributed by atoms with Gasteiger partial charge in [0.15, 0.2) is 29.4 Å². The highest BCUT2D eigenvalue weighted by Gasteiger charge is 2.48. The molecule has 1 saturated heterocycles. The zero-order chi connectivity index (χ0) is 35.7. The molecule has 1 aliphatic rings. The molecule has 16 nitrogen and oxygen atoms in total. The summed E-state index contributed by atoms with van der Waals surface area (Å²) in [6, 6.07) is 6.73. The topological polar surface area (TPSA) is 213 Å². The number of benzene rings is 1. The van der Waals surface area contributed by atoms with Gasteiger partial charge in [-0.3, -0.25) is 14.2 Å². The Labute approximate surface area is 288 Å². The van der Waals surface area contributed by atoms with Gasteiger partial charge in [-0.15, -0.1) is 0 Å². The number of thioether (sulfide) groups is 1. The second-order valence-electron chi connectivity index (χ2n) is 12.3. The van der Waals surface area contributed by atoms with Gasteiger partial charge in [-0.05, 0) is 56.9 Å². The minimum Gasteiger partial charge on any atom is -0.444 e. The fourth-order valence-corrected chi connectivity index (χ4v) is 5.39. The van der Waals surface area contributed by atoms with Crippen LogP contribution in [-0.4, -0.2) is 120 Å². The molecule has 6 N–H and O–H groups in total. The van der Waals surface area contributed by atoms with Crippen LogP contribution in [0.5, 0.6) is 0 Å². The number of alkyl carbamates (subject to hydrolysis) is 1. The van der Waals surface area contributed by atoms with Gasteiger partial charge in [0.25, 0.3) is 0 Å². The van der Waals surface area contributed by atoms with Gasteiger partial charge >= 0.3 is 6.09 Å². The Kier molecular flexibility index (Phi) is 12.8. The van der Waals surface area contributed by atoms with Crippen molar-refractivity contribution in [2.45, 2.75) is 76.1 Å². The Balaban J connectivity index is 1.37. The van der Waals surface area contributed by atoms with Gasteiger partial charge in [0.05, 0.1) is 12.9 Å². The number of rotatable bonds is 13. The number of hydrogen-bond donors (Lipinski definition) is 6. The lowest BCUT2D eigenvalue weighted by molar-refractivity contribution is -0.149. The zero-order valence-corrected chi connectivity index (χ0v) is 28.7. The Bertz CT molecular complexity index is 1670. The molecule has 3 aromatic rings. The van der Waals surface area contributed by atoms with E-state index < -0.39 is 48.5 Å². The van der Waals surface area contributed by atoms with E-state index in [9.17, 15) is 29.7 Å². The number of aliphatic hydroxyl groups excluding tert-OH is 3. The molecule has 17 heteroatoms. The van der Waals surface area contributed by atoms with Crippen LogP contribution in [0.4, 0.5) is 10.6 Å². The predicted octanol–water partition coefficient (Wildman–Crippen LogP) is 0.578. The number of likely N-dealkylation sites (N-methyl/N-ethyl adjacent to an activating group) is 1. The molecule has 1 aromatic carbocycles. The highest BCUT2D eigenvalue weighted by Crippen LogP contribution is 2.34. The second-order valence-corrected chi connectivity index (χ2v) is 13.2. The van der Waals surface area contributed by atoms with Gasteiger partial charge in [-0.2, -0.15) is 11.8 Å². The molecule has 1 fully saturated rings. The molecular formula is C32H42N8O8S. The monoisotopic (exact) mass is 698 g/mol. The third-order valence-corrected chi connectivity index (χ3v) is 8.02. The molecule has 49 heavy (non-hydrogen) atoms. The molecular weight excluding hydrogens is 656 g/mol. The van der Waals surface area contributed by atoms with Crippen LogP contribution in [0.2, 0.25) is 0 Å². The first-order valence-corrected chi connectivity index (χ1v) is 16.8. The molecule has 2 aromatic heterocycles. The van der Waals surface area contributed by atoms with E-state index in [0.29, 0.717) is 42.1 Å². The Morgan fingerprint density at radius 2 is 2.00 bits per heavy atom. The number of nitrogens with zero attached hydrogens (tertiary/aromatic N) is 5. The summed E-state index contributed by atoms with van der Waals surface area (Å²) in [4.78, 5) is 50.0. The van der Waals surface area contributed by atoms with Crippen molar-refractivity contribution in [3.8, 4) is 11.8 Å². The first-order valence-electron chi connectivity index (χ1n) is 15.4. The summed E-state index contributed by atoms with van der Waals surface area (Å²) in [5.41, 5.74) is 1.61. The molecule has 1 unspecified atom stereocenters. The van der Waals surface area contributed by atoms with Crippen molar-refractivity contribution in [3.05, 3.63) is 48.0 Å². The molecule has 3 amide bonds. The lowest BCUT2D eigenvalue weighted by Gasteiger charge is -2.26. The smallest absolute Gasteiger partial charge is 0.408 e. The molecule has 264 valence electrons. The fourth-order valence-electron chi connectivity index (χ4n) is 4.92. The third kappa shape index (κ3) is 9.80. The van der Waals surface area contributed by atoms with Crippen LogP contribution in [0, 0.1) is 11.8 Å². The number of aliphatic hydroxyl groups is 3. The zero-order valence-electron chi connectivity index (χ0n) is 27.9. The van der Waals surface area contributed by atoms with Crippen molar-refractivity contribution in [1.82, 2.24) is 35.1 Å². The van der Waals surface area contributed by atoms with E-state index in [2.05, 4.69) is 42.7 Å². The van der Waals surface area contributed by atoms with E-state index in [1.165, 1.54) is 24.3 Å². The second kappa shape index (κ2) is 16.8. The van der Waals surface area contributed by atoms with Crippen molar-refractivity contribution in [3.63, 3.8) is 0 Å². The van der Waals surface area contributed by atoms with Crippen LogP contribution in [0.15, 0.2) is 36.9 Å². The first kappa shape index (κ1) is 37.4. The van der Waals surface area contributed by atoms with E-state index in [-0.39, 0.29) is 12.5 Å². The maximum absolute atomic E-state index is 12.8. The van der Waals surface area contributed by atoms with Crippen LogP contribution in [0.25, 0.3) is 11.2 Å². The maximum Gasteiger partial charge on any atom is 0.408 e. The van der Waals surface area contributed by atoms with Crippen molar-refractivity contribution >= 4 is 47.2 Å². The van der Waals surface area contributed by atoms with Crippen LogP contribution in [0.3, 0.4) is 0 Å². The number of nitrogens with one attached hydrogen (secondary N) is 3. The summed E-state index contributed by atoms with van der Waals surface area (Å²) in [7, 11) is 1.33. The van der Waals surface area contributed by atoms with Crippen molar-refractivity contribution in [2.75, 3.05) is 30.9 Å². The number of imidazole rings is 1. The van der Waals surface area contributed by atoms with Crippen molar-refractivity contribution in [1.29, 1.82) is 0 Å². The average Bonchev–Trinajstić information content (AvgIpc) is 3.62. The summed E-state index contributed by atoms with van der Waals surface area (Å²) in [5, 5.41) is 40.2. The standard InChI is InChI=1S/C32H42N8O8S/c1-32(2,3)48-31(46)38-21(11-13-49-5)28(44)33-12-7-10-19-8-6-9-20(14-19)15-34-26-22-27(36-16-35-26)40(17-37-22)30-24(43)23(42)25(47-30)29(45)39(4)18-41/h6,8-9,14,16-18,21,23-25,29-30,42-43,45H,11-13,15H2,1-5H3,(H,33,44)(H,38,46)(H,34,35,36)/t21-,23-,24+,25-,29?,30+/m0/s1. The highest BCUT2D eigenvalue weighted by molar-refractivity contribution is 7.98. The van der Waals surface area contributed by atoms with Gasteiger partial charge in [-0.1, -0.05) is 24.0 Å². The van der Waals surface area contributed by atoms with E-state index in [4.69, 9.17) is 9.47 Å². The molecule has 1 aliphatic heterocycles. The van der Waals surface area contributed by atoms with Crippen LogP contribution < -0.4 is 16.0 Å². The summed E-state index contributed by atoms with van der Waals surface area (Å²) in [6.07, 6.45) is -1.99. The normalized spacial score (nSPS) is 20.1. The Morgan fingerprint density at radius 3 is 2.71 bits per heavy atom. The van der Waals surface area contributed by atoms with E-state index >= 15 is 0 Å². The van der Waals surface area contributed by atoms with E-state index in [0.717, 1.165) is 16.0 Å². The molecule has 6 atom stereocenters. The molecule has 0 spiro atoms. The number of carbonyl (C=O) groups is 3. The van der Waals surface area contributed by atoms with Crippen LogP contribution in [0.1, 0.15) is 44.5 Å². The number of ether oxygens (including phenoxy) is 2. The number of fused-ring (bicyclic) bond motifs is 1. The number of hydrogen-bond acceptors (Lipinski definition) is 13. The van der Waals surface area contributed by atoms with Crippen LogP contribution >= 0.6 is 11.8 Å². The number of aromatic nitrogens is 4. The fraction of sp³-hybridized carbons (Fsp3) is 0.500. The molecule has 3 heterocycles. The Hall–Kier alpha value is -4.47. The largest absolute Gasteiger partial charge is 0.444 e. The summed E-state index contributed by atoms with van der Waals surface area (Å²) in [6.45, 7) is 5.69. The Morgan fingerprint density at radius 1 is 1.22 bits per heavy atom. The lowest BCUT2D eigenvalue weighted by atomic mass is 10.1. The molecule has 0 radical (unpaired) electrons. The number of anilines is 1. The molecule has 0 bridgehead atoms. The van der Waals surface area contributed by atoms with Crippen molar-refractivity contribution in [2.24, 2.45) is 0 Å². The summed E-state index contributed by atoms with van der Waals surface area (Å²) < 4.78 is 12.5. The van der Waals surface area contributed by atoms with Gasteiger partial charge < -0.3 is 45.6 Å². The van der Waals surface area contributed by atoms with E-state index in [1.54, 1.807) is 32.5 Å². The highest BCUT2D eigenvalue weighted by atomic mass is 32.2. The van der Waals surface area contributed by atoms with E-state index in [1.807, 2.05) is 30.5 Å². The number of amides is 3.